The van der Waals surface area contributed by atoms with Gasteiger partial charge in [-0.3, -0.25) is 4.79 Å². The van der Waals surface area contributed by atoms with E-state index in [0.29, 0.717) is 0 Å². The molecule has 0 heterocycles. The van der Waals surface area contributed by atoms with Crippen LogP contribution in [-0.2, 0) is 0 Å². The van der Waals surface area contributed by atoms with Crippen molar-refractivity contribution in [3.63, 3.8) is 0 Å². The number of hydrogen-bond acceptors (Lipinski definition) is 2. The van der Waals surface area contributed by atoms with E-state index in [-0.39, 0.29) is 27.0 Å². The van der Waals surface area contributed by atoms with Crippen molar-refractivity contribution < 1.29 is 9.18 Å². The van der Waals surface area contributed by atoms with E-state index < -0.39 is 11.7 Å². The van der Waals surface area contributed by atoms with Crippen molar-refractivity contribution in [3.05, 3.63) is 57.8 Å². The molecule has 1 amide bonds. The van der Waals surface area contributed by atoms with Crippen LogP contribution in [0.4, 0.5) is 15.8 Å². The molecule has 6 heteroatoms. The van der Waals surface area contributed by atoms with Crippen LogP contribution in [0.25, 0.3) is 0 Å². The Morgan fingerprint density at radius 2 is 1.95 bits per heavy atom. The van der Waals surface area contributed by atoms with Crippen molar-refractivity contribution in [2.45, 2.75) is 0 Å². The third-order valence-corrected chi connectivity index (χ3v) is 3.19. The second-order valence-electron chi connectivity index (χ2n) is 3.83. The lowest BCUT2D eigenvalue weighted by Crippen LogP contribution is -2.13. The van der Waals surface area contributed by atoms with E-state index in [1.165, 1.54) is 12.1 Å². The van der Waals surface area contributed by atoms with E-state index in [1.54, 1.807) is 12.1 Å². The minimum atomic E-state index is -0.535. The smallest absolute Gasteiger partial charge is 0.257 e. The standard InChI is InChI=1S/C13H9Cl2FN2O/c14-11-3-1-2-10(12(11)15)13(19)18-9-5-7(16)4-8(17)6-9/h1-6H,17H2,(H,18,19). The third-order valence-electron chi connectivity index (χ3n) is 2.37. The van der Waals surface area contributed by atoms with Crippen molar-refractivity contribution in [3.8, 4) is 0 Å². The van der Waals surface area contributed by atoms with Gasteiger partial charge in [-0.1, -0.05) is 29.3 Å². The summed E-state index contributed by atoms with van der Waals surface area (Å²) in [7, 11) is 0. The quantitative estimate of drug-likeness (QED) is 0.824. The lowest BCUT2D eigenvalue weighted by molar-refractivity contribution is 0.102. The number of halogens is 3. The number of rotatable bonds is 2. The molecule has 0 spiro atoms. The Morgan fingerprint density at radius 1 is 1.21 bits per heavy atom. The van der Waals surface area contributed by atoms with Crippen LogP contribution < -0.4 is 11.1 Å². The van der Waals surface area contributed by atoms with Crippen LogP contribution in [0.3, 0.4) is 0 Å². The highest BCUT2D eigenvalue weighted by molar-refractivity contribution is 6.44. The van der Waals surface area contributed by atoms with Gasteiger partial charge in [0.05, 0.1) is 15.6 Å². The maximum Gasteiger partial charge on any atom is 0.257 e. The van der Waals surface area contributed by atoms with Crippen LogP contribution >= 0.6 is 23.2 Å². The minimum absolute atomic E-state index is 0.144. The number of nitrogens with two attached hydrogens (primary N) is 1. The molecule has 0 aliphatic heterocycles. The molecule has 0 saturated carbocycles. The molecule has 0 aliphatic rings. The predicted molar refractivity (Wildman–Crippen MR) is 75.2 cm³/mol. The highest BCUT2D eigenvalue weighted by atomic mass is 35.5. The maximum atomic E-state index is 13.1. The van der Waals surface area contributed by atoms with Crippen LogP contribution in [0.5, 0.6) is 0 Å². The number of nitrogen functional groups attached to an aromatic ring is 1. The van der Waals surface area contributed by atoms with Gasteiger partial charge in [-0.25, -0.2) is 4.39 Å². The molecular weight excluding hydrogens is 290 g/mol. The second kappa shape index (κ2) is 5.47. The summed E-state index contributed by atoms with van der Waals surface area (Å²) in [6.45, 7) is 0. The van der Waals surface area contributed by atoms with E-state index in [4.69, 9.17) is 28.9 Å². The van der Waals surface area contributed by atoms with Gasteiger partial charge in [0, 0.05) is 11.4 Å². The van der Waals surface area contributed by atoms with Crippen molar-refractivity contribution in [1.82, 2.24) is 0 Å². The molecule has 2 rings (SSSR count). The Morgan fingerprint density at radius 3 is 2.63 bits per heavy atom. The molecule has 0 unspecified atom stereocenters. The van der Waals surface area contributed by atoms with Crippen LogP contribution in [0, 0.1) is 5.82 Å². The van der Waals surface area contributed by atoms with E-state index in [9.17, 15) is 9.18 Å². The highest BCUT2D eigenvalue weighted by Gasteiger charge is 2.13. The first-order valence-electron chi connectivity index (χ1n) is 5.29. The molecule has 0 atom stereocenters. The van der Waals surface area contributed by atoms with E-state index in [2.05, 4.69) is 5.32 Å². The van der Waals surface area contributed by atoms with E-state index >= 15 is 0 Å². The first-order valence-corrected chi connectivity index (χ1v) is 6.04. The van der Waals surface area contributed by atoms with E-state index in [1.807, 2.05) is 0 Å². The molecule has 0 fully saturated rings. The molecule has 0 aliphatic carbocycles. The molecule has 3 N–H and O–H groups in total. The van der Waals surface area contributed by atoms with Gasteiger partial charge in [0.2, 0.25) is 0 Å². The van der Waals surface area contributed by atoms with Gasteiger partial charge in [0.25, 0.3) is 5.91 Å². The SMILES string of the molecule is Nc1cc(F)cc(NC(=O)c2cccc(Cl)c2Cl)c1. The monoisotopic (exact) mass is 298 g/mol. The Balaban J connectivity index is 2.28. The summed E-state index contributed by atoms with van der Waals surface area (Å²) < 4.78 is 13.1. The Labute approximate surface area is 119 Å². The van der Waals surface area contributed by atoms with Crippen LogP contribution in [0.2, 0.25) is 10.0 Å². The van der Waals surface area contributed by atoms with Gasteiger partial charge in [0.15, 0.2) is 0 Å². The largest absolute Gasteiger partial charge is 0.399 e. The molecule has 2 aromatic rings. The summed E-state index contributed by atoms with van der Waals surface area (Å²) in [6, 6.07) is 8.45. The maximum absolute atomic E-state index is 13.1. The van der Waals surface area contributed by atoms with Gasteiger partial charge in [-0.15, -0.1) is 0 Å². The van der Waals surface area contributed by atoms with Gasteiger partial charge in [0.1, 0.15) is 5.82 Å². The van der Waals surface area contributed by atoms with Crippen molar-refractivity contribution in [1.29, 1.82) is 0 Å². The fourth-order valence-corrected chi connectivity index (χ4v) is 1.95. The van der Waals surface area contributed by atoms with Gasteiger partial charge in [-0.2, -0.15) is 0 Å². The summed E-state index contributed by atoms with van der Waals surface area (Å²) in [5.74, 6) is -1.02. The molecule has 0 bridgehead atoms. The lowest BCUT2D eigenvalue weighted by atomic mass is 10.2. The number of amides is 1. The molecule has 0 saturated heterocycles. The summed E-state index contributed by atoms with van der Waals surface area (Å²) in [4.78, 5) is 12.0. The number of nitrogens with one attached hydrogen (secondary N) is 1. The van der Waals surface area contributed by atoms with Crippen LogP contribution in [0.15, 0.2) is 36.4 Å². The normalized spacial score (nSPS) is 10.3. The van der Waals surface area contributed by atoms with E-state index in [0.717, 1.165) is 12.1 Å². The second-order valence-corrected chi connectivity index (χ2v) is 4.61. The zero-order valence-corrected chi connectivity index (χ0v) is 11.1. The molecule has 98 valence electrons. The summed E-state index contributed by atoms with van der Waals surface area (Å²) in [6.07, 6.45) is 0. The zero-order valence-electron chi connectivity index (χ0n) is 9.58. The van der Waals surface area contributed by atoms with Crippen LogP contribution in [-0.4, -0.2) is 5.91 Å². The van der Waals surface area contributed by atoms with Gasteiger partial charge in [-0.05, 0) is 30.3 Å². The number of carbonyl (C=O) groups is 1. The average molecular weight is 299 g/mol. The molecule has 0 aromatic heterocycles. The van der Waals surface area contributed by atoms with Crippen molar-refractivity contribution in [2.75, 3.05) is 11.1 Å². The fraction of sp³-hybridized carbons (Fsp3) is 0. The summed E-state index contributed by atoms with van der Waals surface area (Å²) in [5, 5.41) is 2.92. The molecule has 19 heavy (non-hydrogen) atoms. The highest BCUT2D eigenvalue weighted by Crippen LogP contribution is 2.26. The summed E-state index contributed by atoms with van der Waals surface area (Å²) in [5.41, 5.74) is 6.16. The number of carbonyl (C=O) groups excluding carboxylic acids is 1. The Bertz CT molecular complexity index is 626. The lowest BCUT2D eigenvalue weighted by Gasteiger charge is -2.08. The molecular formula is C13H9Cl2FN2O. The van der Waals surface area contributed by atoms with Crippen molar-refractivity contribution >= 4 is 40.5 Å². The predicted octanol–water partition coefficient (Wildman–Crippen LogP) is 3.97. The zero-order chi connectivity index (χ0) is 14.0. The fourth-order valence-electron chi connectivity index (χ4n) is 1.56. The topological polar surface area (TPSA) is 55.1 Å². The van der Waals surface area contributed by atoms with Gasteiger partial charge >= 0.3 is 0 Å². The first kappa shape index (κ1) is 13.6. The molecule has 2 aromatic carbocycles. The minimum Gasteiger partial charge on any atom is -0.399 e. The number of benzene rings is 2. The third kappa shape index (κ3) is 3.16. The van der Waals surface area contributed by atoms with Crippen LogP contribution in [0.1, 0.15) is 10.4 Å². The summed E-state index contributed by atoms with van der Waals surface area (Å²) >= 11 is 11.7. The Hall–Kier alpha value is -1.78. The number of anilines is 2. The molecule has 3 nitrogen and oxygen atoms in total. The van der Waals surface area contributed by atoms with Crippen molar-refractivity contribution in [2.24, 2.45) is 0 Å². The molecule has 0 radical (unpaired) electrons. The first-order chi connectivity index (χ1) is 8.97. The number of hydrogen-bond donors (Lipinski definition) is 2. The Kier molecular flexibility index (Phi) is 3.93. The van der Waals surface area contributed by atoms with Gasteiger partial charge < -0.3 is 11.1 Å². The average Bonchev–Trinajstić information content (AvgIpc) is 2.31.